The van der Waals surface area contributed by atoms with E-state index in [-0.39, 0.29) is 23.9 Å². The molecule has 0 spiro atoms. The summed E-state index contributed by atoms with van der Waals surface area (Å²) in [6, 6.07) is 10.6. The van der Waals surface area contributed by atoms with Gasteiger partial charge in [0.05, 0.1) is 5.41 Å². The van der Waals surface area contributed by atoms with Crippen molar-refractivity contribution in [2.45, 2.75) is 31.8 Å². The monoisotopic (exact) mass is 314 g/mol. The van der Waals surface area contributed by atoms with Gasteiger partial charge in [-0.2, -0.15) is 0 Å². The number of hydrogen-bond donors (Lipinski definition) is 3. The molecular weight excluding hydrogens is 296 g/mol. The first kappa shape index (κ1) is 15.5. The maximum atomic E-state index is 12.3. The zero-order valence-electron chi connectivity index (χ0n) is 12.7. The molecule has 5 heteroatoms. The van der Waals surface area contributed by atoms with E-state index in [1.165, 1.54) is 6.92 Å². The first-order chi connectivity index (χ1) is 10.8. The van der Waals surface area contributed by atoms with E-state index in [1.807, 2.05) is 18.2 Å². The van der Waals surface area contributed by atoms with E-state index in [1.54, 1.807) is 18.2 Å². The summed E-state index contributed by atoms with van der Waals surface area (Å²) in [5.41, 5.74) is -0.493. The van der Waals surface area contributed by atoms with Crippen molar-refractivity contribution in [2.75, 3.05) is 0 Å². The molecule has 2 unspecified atom stereocenters. The van der Waals surface area contributed by atoms with Crippen LogP contribution in [0.3, 0.4) is 0 Å². The van der Waals surface area contributed by atoms with Crippen LogP contribution in [0, 0.1) is 5.41 Å². The topological polar surface area (TPSA) is 94.8 Å². The van der Waals surface area contributed by atoms with Gasteiger partial charge in [0, 0.05) is 6.42 Å². The number of carboxylic acid groups (broad SMARTS) is 1. The van der Waals surface area contributed by atoms with Gasteiger partial charge >= 0.3 is 5.97 Å². The summed E-state index contributed by atoms with van der Waals surface area (Å²) in [5.74, 6) is -1.77. The SMILES string of the molecule is C[C@@]1(C(O)C(=O)O)C(=O)CCC1c1ccc2cc(O)ccc2c1. The fourth-order valence-electron chi connectivity index (χ4n) is 3.62. The van der Waals surface area contributed by atoms with Gasteiger partial charge in [-0.15, -0.1) is 0 Å². The van der Waals surface area contributed by atoms with Crippen LogP contribution in [0.1, 0.15) is 31.2 Å². The number of carboxylic acids is 1. The average molecular weight is 314 g/mol. The predicted octanol–water partition coefficient (Wildman–Crippen LogP) is 2.44. The van der Waals surface area contributed by atoms with Gasteiger partial charge in [-0.05, 0) is 47.7 Å². The third-order valence-electron chi connectivity index (χ3n) is 5.04. The Bertz CT molecular complexity index is 797. The molecule has 1 fully saturated rings. The minimum atomic E-state index is -1.72. The lowest BCUT2D eigenvalue weighted by Crippen LogP contribution is -2.45. The predicted molar refractivity (Wildman–Crippen MR) is 84.3 cm³/mol. The molecule has 3 N–H and O–H groups in total. The number of benzene rings is 2. The lowest BCUT2D eigenvalue weighted by atomic mass is 9.71. The summed E-state index contributed by atoms with van der Waals surface area (Å²) >= 11 is 0. The Morgan fingerprint density at radius 3 is 2.57 bits per heavy atom. The number of fused-ring (bicyclic) bond motifs is 1. The van der Waals surface area contributed by atoms with E-state index in [0.29, 0.717) is 6.42 Å². The standard InChI is InChI=1S/C18H18O5/c1-18(16(21)17(22)23)14(6-7-15(18)20)12-3-2-11-9-13(19)5-4-10(11)8-12/h2-5,8-9,14,16,19,21H,6-7H2,1H3,(H,22,23)/t14?,16?,18-/m0/s1. The van der Waals surface area contributed by atoms with Gasteiger partial charge in [0.15, 0.2) is 6.10 Å². The first-order valence-corrected chi connectivity index (χ1v) is 7.51. The highest BCUT2D eigenvalue weighted by Crippen LogP contribution is 2.49. The summed E-state index contributed by atoms with van der Waals surface area (Å²) in [5, 5.41) is 30.5. The zero-order chi connectivity index (χ0) is 16.8. The van der Waals surface area contributed by atoms with Crippen LogP contribution in [-0.2, 0) is 9.59 Å². The maximum absolute atomic E-state index is 12.3. The van der Waals surface area contributed by atoms with Gasteiger partial charge in [0.25, 0.3) is 0 Å². The van der Waals surface area contributed by atoms with Gasteiger partial charge in [-0.3, -0.25) is 4.79 Å². The van der Waals surface area contributed by atoms with Crippen molar-refractivity contribution < 1.29 is 24.9 Å². The van der Waals surface area contributed by atoms with Gasteiger partial charge < -0.3 is 15.3 Å². The molecule has 2 aromatic rings. The third-order valence-corrected chi connectivity index (χ3v) is 5.04. The Labute approximate surface area is 133 Å². The number of carbonyl (C=O) groups excluding carboxylic acids is 1. The van der Waals surface area contributed by atoms with E-state index >= 15 is 0 Å². The molecule has 0 saturated heterocycles. The number of carbonyl (C=O) groups is 2. The second-order valence-electron chi connectivity index (χ2n) is 6.33. The molecule has 5 nitrogen and oxygen atoms in total. The molecule has 23 heavy (non-hydrogen) atoms. The van der Waals surface area contributed by atoms with Crippen molar-refractivity contribution >= 4 is 22.5 Å². The third kappa shape index (κ3) is 2.37. The zero-order valence-corrected chi connectivity index (χ0v) is 12.7. The molecule has 3 atom stereocenters. The Balaban J connectivity index is 2.07. The number of ketones is 1. The van der Waals surface area contributed by atoms with Crippen LogP contribution in [0.15, 0.2) is 36.4 Å². The van der Waals surface area contributed by atoms with Crippen molar-refractivity contribution in [3.05, 3.63) is 42.0 Å². The molecule has 3 rings (SSSR count). The minimum absolute atomic E-state index is 0.174. The summed E-state index contributed by atoms with van der Waals surface area (Å²) in [4.78, 5) is 23.5. The second-order valence-corrected chi connectivity index (χ2v) is 6.33. The fourth-order valence-corrected chi connectivity index (χ4v) is 3.62. The minimum Gasteiger partial charge on any atom is -0.508 e. The van der Waals surface area contributed by atoms with Crippen LogP contribution in [-0.4, -0.2) is 33.2 Å². The van der Waals surface area contributed by atoms with E-state index in [4.69, 9.17) is 5.11 Å². The van der Waals surface area contributed by atoms with Crippen LogP contribution < -0.4 is 0 Å². The van der Waals surface area contributed by atoms with Crippen molar-refractivity contribution in [3.8, 4) is 5.75 Å². The largest absolute Gasteiger partial charge is 0.508 e. The normalized spacial score (nSPS) is 25.7. The number of phenolic OH excluding ortho intramolecular Hbond substituents is 1. The highest BCUT2D eigenvalue weighted by atomic mass is 16.4. The van der Waals surface area contributed by atoms with Crippen LogP contribution in [0.25, 0.3) is 10.8 Å². The molecule has 0 aliphatic heterocycles. The molecule has 120 valence electrons. The Hall–Kier alpha value is -2.40. The highest BCUT2D eigenvalue weighted by Gasteiger charge is 2.54. The number of phenols is 1. The summed E-state index contributed by atoms with van der Waals surface area (Å²) in [6.45, 7) is 1.53. The second kappa shape index (κ2) is 5.35. The number of aliphatic hydroxyl groups excluding tert-OH is 1. The Morgan fingerprint density at radius 2 is 1.87 bits per heavy atom. The summed E-state index contributed by atoms with van der Waals surface area (Å²) < 4.78 is 0. The van der Waals surface area contributed by atoms with Gasteiger partial charge in [0.1, 0.15) is 11.5 Å². The quantitative estimate of drug-likeness (QED) is 0.809. The number of aliphatic carboxylic acids is 1. The first-order valence-electron chi connectivity index (χ1n) is 7.51. The molecule has 1 aliphatic rings. The Morgan fingerprint density at radius 1 is 1.22 bits per heavy atom. The fraction of sp³-hybridized carbons (Fsp3) is 0.333. The van der Waals surface area contributed by atoms with E-state index < -0.39 is 17.5 Å². The van der Waals surface area contributed by atoms with E-state index in [0.717, 1.165) is 16.3 Å². The Kier molecular flexibility index (Phi) is 3.60. The number of Topliss-reactive ketones (excluding diaryl/α,β-unsaturated/α-hetero) is 1. The van der Waals surface area contributed by atoms with Crippen LogP contribution in [0.5, 0.6) is 5.75 Å². The number of aromatic hydroxyl groups is 1. The molecule has 0 amide bonds. The summed E-state index contributed by atoms with van der Waals surface area (Å²) in [6.07, 6.45) is -0.944. The molecule has 0 bridgehead atoms. The van der Waals surface area contributed by atoms with E-state index in [9.17, 15) is 19.8 Å². The van der Waals surface area contributed by atoms with Crippen molar-refractivity contribution in [2.24, 2.45) is 5.41 Å². The number of rotatable bonds is 3. The maximum Gasteiger partial charge on any atom is 0.333 e. The lowest BCUT2D eigenvalue weighted by molar-refractivity contribution is -0.158. The molecule has 1 saturated carbocycles. The number of hydrogen-bond acceptors (Lipinski definition) is 4. The molecule has 0 aromatic heterocycles. The summed E-state index contributed by atoms with van der Waals surface area (Å²) in [7, 11) is 0. The van der Waals surface area contributed by atoms with Gasteiger partial charge in [0.2, 0.25) is 0 Å². The molecule has 0 heterocycles. The molecular formula is C18H18O5. The van der Waals surface area contributed by atoms with E-state index in [2.05, 4.69) is 0 Å². The van der Waals surface area contributed by atoms with Crippen LogP contribution in [0.4, 0.5) is 0 Å². The van der Waals surface area contributed by atoms with Gasteiger partial charge in [-0.1, -0.05) is 24.3 Å². The smallest absolute Gasteiger partial charge is 0.333 e. The highest BCUT2D eigenvalue weighted by molar-refractivity contribution is 5.94. The molecule has 2 aromatic carbocycles. The average Bonchev–Trinajstić information content (AvgIpc) is 2.82. The van der Waals surface area contributed by atoms with Gasteiger partial charge in [-0.25, -0.2) is 4.79 Å². The lowest BCUT2D eigenvalue weighted by Gasteiger charge is -2.32. The van der Waals surface area contributed by atoms with Crippen molar-refractivity contribution in [1.29, 1.82) is 0 Å². The van der Waals surface area contributed by atoms with Crippen molar-refractivity contribution in [3.63, 3.8) is 0 Å². The van der Waals surface area contributed by atoms with Crippen LogP contribution in [0.2, 0.25) is 0 Å². The molecule has 1 aliphatic carbocycles. The van der Waals surface area contributed by atoms with Crippen molar-refractivity contribution in [1.82, 2.24) is 0 Å². The number of aliphatic hydroxyl groups is 1. The van der Waals surface area contributed by atoms with Crippen LogP contribution >= 0.6 is 0 Å². The molecule has 0 radical (unpaired) electrons.